The molecule has 1 heterocycles. The van der Waals surface area contributed by atoms with Crippen molar-refractivity contribution in [2.75, 3.05) is 13.7 Å². The number of halogens is 1. The van der Waals surface area contributed by atoms with Crippen LogP contribution in [0.25, 0.3) is 0 Å². The Balaban J connectivity index is 3.13. The third-order valence-corrected chi connectivity index (χ3v) is 3.69. The van der Waals surface area contributed by atoms with E-state index < -0.39 is 0 Å². The van der Waals surface area contributed by atoms with Crippen molar-refractivity contribution in [1.29, 1.82) is 5.26 Å². The zero-order valence-electron chi connectivity index (χ0n) is 10.9. The van der Waals surface area contributed by atoms with Crippen LogP contribution in [0.4, 0.5) is 0 Å². The standard InChI is InChI=1S/C13H19BrN2O/c1-9(2)13-12(14)11(8-15)10(3)16(13)6-5-7-17-4/h9H,5-7H2,1-4H3. The molecule has 0 saturated carbocycles. The van der Waals surface area contributed by atoms with E-state index in [9.17, 15) is 5.26 Å². The third kappa shape index (κ3) is 2.91. The summed E-state index contributed by atoms with van der Waals surface area (Å²) >= 11 is 3.55. The highest BCUT2D eigenvalue weighted by atomic mass is 79.9. The number of hydrogen-bond acceptors (Lipinski definition) is 2. The summed E-state index contributed by atoms with van der Waals surface area (Å²) in [6, 6.07) is 2.27. The number of nitrogens with zero attached hydrogens (tertiary/aromatic N) is 2. The molecule has 1 rings (SSSR count). The summed E-state index contributed by atoms with van der Waals surface area (Å²) in [6.45, 7) is 7.94. The minimum absolute atomic E-state index is 0.396. The number of methoxy groups -OCH3 is 1. The largest absolute Gasteiger partial charge is 0.385 e. The van der Waals surface area contributed by atoms with Gasteiger partial charge in [0.05, 0.1) is 10.0 Å². The molecule has 4 heteroatoms. The molecule has 0 amide bonds. The van der Waals surface area contributed by atoms with Gasteiger partial charge in [0.15, 0.2) is 0 Å². The Kier molecular flexibility index (Phi) is 5.23. The second-order valence-corrected chi connectivity index (χ2v) is 5.22. The number of hydrogen-bond donors (Lipinski definition) is 0. The van der Waals surface area contributed by atoms with Crippen molar-refractivity contribution < 1.29 is 4.74 Å². The molecule has 1 aromatic heterocycles. The summed E-state index contributed by atoms with van der Waals surface area (Å²) in [5, 5.41) is 9.17. The van der Waals surface area contributed by atoms with Gasteiger partial charge in [-0.3, -0.25) is 0 Å². The Hall–Kier alpha value is -0.790. The smallest absolute Gasteiger partial charge is 0.102 e. The molecule has 0 atom stereocenters. The van der Waals surface area contributed by atoms with Gasteiger partial charge in [-0.05, 0) is 35.2 Å². The first-order valence-corrected chi connectivity index (χ1v) is 6.61. The minimum atomic E-state index is 0.396. The van der Waals surface area contributed by atoms with Crippen molar-refractivity contribution >= 4 is 15.9 Å². The van der Waals surface area contributed by atoms with Gasteiger partial charge >= 0.3 is 0 Å². The van der Waals surface area contributed by atoms with Gasteiger partial charge in [-0.2, -0.15) is 5.26 Å². The first-order chi connectivity index (χ1) is 8.04. The van der Waals surface area contributed by atoms with Crippen LogP contribution in [-0.2, 0) is 11.3 Å². The van der Waals surface area contributed by atoms with Gasteiger partial charge in [0.25, 0.3) is 0 Å². The molecule has 0 spiro atoms. The van der Waals surface area contributed by atoms with E-state index in [0.717, 1.165) is 35.3 Å². The van der Waals surface area contributed by atoms with Gasteiger partial charge in [0.1, 0.15) is 6.07 Å². The molecule has 0 bridgehead atoms. The molecule has 0 saturated heterocycles. The zero-order chi connectivity index (χ0) is 13.0. The van der Waals surface area contributed by atoms with E-state index >= 15 is 0 Å². The molecule has 0 radical (unpaired) electrons. The Labute approximate surface area is 112 Å². The van der Waals surface area contributed by atoms with Crippen LogP contribution in [0.1, 0.15) is 43.1 Å². The van der Waals surface area contributed by atoms with Crippen LogP contribution < -0.4 is 0 Å². The fraction of sp³-hybridized carbons (Fsp3) is 0.615. The number of ether oxygens (including phenoxy) is 1. The molecule has 0 unspecified atom stereocenters. The highest BCUT2D eigenvalue weighted by molar-refractivity contribution is 9.10. The Morgan fingerprint density at radius 2 is 2.12 bits per heavy atom. The highest BCUT2D eigenvalue weighted by Gasteiger charge is 2.20. The second kappa shape index (κ2) is 6.23. The zero-order valence-corrected chi connectivity index (χ0v) is 12.5. The van der Waals surface area contributed by atoms with E-state index in [-0.39, 0.29) is 0 Å². The summed E-state index contributed by atoms with van der Waals surface area (Å²) in [5.41, 5.74) is 3.00. The third-order valence-electron chi connectivity index (χ3n) is 2.89. The van der Waals surface area contributed by atoms with Crippen LogP contribution in [-0.4, -0.2) is 18.3 Å². The summed E-state index contributed by atoms with van der Waals surface area (Å²) in [4.78, 5) is 0. The number of aromatic nitrogens is 1. The summed E-state index contributed by atoms with van der Waals surface area (Å²) in [7, 11) is 1.71. The molecule has 0 fully saturated rings. The van der Waals surface area contributed by atoms with Crippen molar-refractivity contribution in [3.63, 3.8) is 0 Å². The fourth-order valence-corrected chi connectivity index (χ4v) is 3.12. The van der Waals surface area contributed by atoms with Crippen LogP contribution in [0.5, 0.6) is 0 Å². The maximum Gasteiger partial charge on any atom is 0.102 e. The lowest BCUT2D eigenvalue weighted by Crippen LogP contribution is -2.08. The summed E-state index contributed by atoms with van der Waals surface area (Å²) in [5.74, 6) is 0.396. The maximum absolute atomic E-state index is 9.17. The van der Waals surface area contributed by atoms with Gasteiger partial charge in [0, 0.05) is 31.6 Å². The van der Waals surface area contributed by atoms with Gasteiger partial charge in [-0.15, -0.1) is 0 Å². The van der Waals surface area contributed by atoms with Crippen LogP contribution in [0.2, 0.25) is 0 Å². The van der Waals surface area contributed by atoms with E-state index in [1.54, 1.807) is 7.11 Å². The molecule has 3 nitrogen and oxygen atoms in total. The summed E-state index contributed by atoms with van der Waals surface area (Å²) in [6.07, 6.45) is 0.961. The Bertz CT molecular complexity index is 430. The monoisotopic (exact) mass is 298 g/mol. The predicted octanol–water partition coefficient (Wildman–Crippen LogP) is 3.59. The Morgan fingerprint density at radius 3 is 2.59 bits per heavy atom. The molecule has 0 aromatic carbocycles. The lowest BCUT2D eigenvalue weighted by molar-refractivity contribution is 0.189. The molecule has 0 N–H and O–H groups in total. The van der Waals surface area contributed by atoms with Crippen LogP contribution in [0, 0.1) is 18.3 Å². The first-order valence-electron chi connectivity index (χ1n) is 5.82. The molecule has 0 aliphatic heterocycles. The van der Waals surface area contributed by atoms with Gasteiger partial charge in [-0.1, -0.05) is 13.8 Å². The molecule has 94 valence electrons. The first kappa shape index (κ1) is 14.3. The molecular weight excluding hydrogens is 280 g/mol. The minimum Gasteiger partial charge on any atom is -0.385 e. The van der Waals surface area contributed by atoms with Gasteiger partial charge in [0.2, 0.25) is 0 Å². The van der Waals surface area contributed by atoms with Crippen LogP contribution in [0.15, 0.2) is 4.47 Å². The van der Waals surface area contributed by atoms with Crippen LogP contribution in [0.3, 0.4) is 0 Å². The second-order valence-electron chi connectivity index (χ2n) is 4.42. The summed E-state index contributed by atoms with van der Waals surface area (Å²) < 4.78 is 8.25. The van der Waals surface area contributed by atoms with Crippen molar-refractivity contribution in [2.45, 2.75) is 39.7 Å². The average Bonchev–Trinajstić information content (AvgIpc) is 2.51. The van der Waals surface area contributed by atoms with E-state index in [1.165, 1.54) is 5.69 Å². The molecule has 0 aliphatic rings. The van der Waals surface area contributed by atoms with E-state index in [1.807, 2.05) is 6.92 Å². The van der Waals surface area contributed by atoms with E-state index in [4.69, 9.17) is 4.74 Å². The van der Waals surface area contributed by atoms with Crippen molar-refractivity contribution in [3.05, 3.63) is 21.4 Å². The molecule has 17 heavy (non-hydrogen) atoms. The lowest BCUT2D eigenvalue weighted by atomic mass is 10.1. The van der Waals surface area contributed by atoms with Gasteiger partial charge in [-0.25, -0.2) is 0 Å². The quantitative estimate of drug-likeness (QED) is 0.779. The van der Waals surface area contributed by atoms with Crippen molar-refractivity contribution in [2.24, 2.45) is 0 Å². The highest BCUT2D eigenvalue weighted by Crippen LogP contribution is 2.32. The molecule has 0 aliphatic carbocycles. The SMILES string of the molecule is COCCCn1c(C)c(C#N)c(Br)c1C(C)C. The maximum atomic E-state index is 9.17. The number of nitriles is 1. The van der Waals surface area contributed by atoms with E-state index in [0.29, 0.717) is 5.92 Å². The number of rotatable bonds is 5. The Morgan fingerprint density at radius 1 is 1.47 bits per heavy atom. The van der Waals surface area contributed by atoms with Crippen molar-refractivity contribution in [1.82, 2.24) is 4.57 Å². The molecular formula is C13H19BrN2O. The van der Waals surface area contributed by atoms with Crippen molar-refractivity contribution in [3.8, 4) is 6.07 Å². The van der Waals surface area contributed by atoms with Crippen LogP contribution >= 0.6 is 15.9 Å². The normalized spacial score (nSPS) is 10.9. The molecule has 1 aromatic rings. The van der Waals surface area contributed by atoms with E-state index in [2.05, 4.69) is 40.4 Å². The lowest BCUT2D eigenvalue weighted by Gasteiger charge is -2.14. The average molecular weight is 299 g/mol. The topological polar surface area (TPSA) is 38.0 Å². The van der Waals surface area contributed by atoms with Gasteiger partial charge < -0.3 is 9.30 Å². The fourth-order valence-electron chi connectivity index (χ4n) is 2.07. The predicted molar refractivity (Wildman–Crippen MR) is 72.2 cm³/mol.